The Labute approximate surface area is 157 Å². The first-order valence-corrected chi connectivity index (χ1v) is 9.09. The summed E-state index contributed by atoms with van der Waals surface area (Å²) in [5, 5.41) is 17.2. The van der Waals surface area contributed by atoms with E-state index in [2.05, 4.69) is 36.2 Å². The molecule has 0 spiro atoms. The summed E-state index contributed by atoms with van der Waals surface area (Å²) < 4.78 is 12.0. The molecule has 0 aliphatic carbocycles. The summed E-state index contributed by atoms with van der Waals surface area (Å²) in [6.07, 6.45) is 1.76. The normalized spacial score (nSPS) is 16.9. The molecule has 0 amide bonds. The molecule has 0 bridgehead atoms. The molecule has 2 heterocycles. The highest BCUT2D eigenvalue weighted by Gasteiger charge is 2.27. The molecule has 2 N–H and O–H groups in total. The largest absolute Gasteiger partial charge is 0.492 e. The van der Waals surface area contributed by atoms with Crippen LogP contribution in [0.4, 0.5) is 0 Å². The third-order valence-corrected chi connectivity index (χ3v) is 4.95. The van der Waals surface area contributed by atoms with E-state index in [9.17, 15) is 4.79 Å². The number of carboxylic acid groups (broad SMARTS) is 1. The molecule has 0 saturated carbocycles. The number of aliphatic carboxylic acids is 1. The van der Waals surface area contributed by atoms with Crippen LogP contribution in [0.15, 0.2) is 42.6 Å². The Hall–Kier alpha value is -3.02. The molecule has 140 valence electrons. The summed E-state index contributed by atoms with van der Waals surface area (Å²) in [5.74, 6) is 0.777. The molecule has 3 aromatic rings. The molecule has 1 aliphatic heterocycles. The third kappa shape index (κ3) is 3.47. The highest BCUT2D eigenvalue weighted by atomic mass is 16.5. The number of H-pyrrole nitrogens is 1. The lowest BCUT2D eigenvalue weighted by atomic mass is 9.97. The van der Waals surface area contributed by atoms with Crippen molar-refractivity contribution in [2.24, 2.45) is 5.92 Å². The molecule has 6 heteroatoms. The monoisotopic (exact) mass is 366 g/mol. The maximum absolute atomic E-state index is 11.0. The van der Waals surface area contributed by atoms with Crippen LogP contribution in [-0.4, -0.2) is 27.9 Å². The molecule has 0 radical (unpaired) electrons. The number of rotatable bonds is 6. The molecule has 0 saturated heterocycles. The quantitative estimate of drug-likeness (QED) is 0.680. The minimum absolute atomic E-state index is 0.0754. The summed E-state index contributed by atoms with van der Waals surface area (Å²) >= 11 is 0. The van der Waals surface area contributed by atoms with Crippen LogP contribution in [0.3, 0.4) is 0 Å². The Morgan fingerprint density at radius 2 is 2.19 bits per heavy atom. The number of ether oxygens (including phenoxy) is 2. The van der Waals surface area contributed by atoms with E-state index in [1.165, 1.54) is 0 Å². The van der Waals surface area contributed by atoms with Gasteiger partial charge in [0.15, 0.2) is 0 Å². The van der Waals surface area contributed by atoms with Gasteiger partial charge < -0.3 is 14.6 Å². The minimum atomic E-state index is -0.814. The van der Waals surface area contributed by atoms with E-state index >= 15 is 0 Å². The number of hydrogen-bond donors (Lipinski definition) is 2. The molecule has 4 rings (SSSR count). The highest BCUT2D eigenvalue weighted by molar-refractivity contribution is 5.78. The Balaban J connectivity index is 1.58. The van der Waals surface area contributed by atoms with Crippen molar-refractivity contribution in [3.63, 3.8) is 0 Å². The maximum atomic E-state index is 11.0. The molecule has 2 unspecified atom stereocenters. The Bertz CT molecular complexity index is 979. The first kappa shape index (κ1) is 17.4. The van der Waals surface area contributed by atoms with Crippen LogP contribution in [-0.2, 0) is 4.79 Å². The van der Waals surface area contributed by atoms with E-state index in [1.54, 1.807) is 6.20 Å². The van der Waals surface area contributed by atoms with Gasteiger partial charge in [0.05, 0.1) is 24.7 Å². The lowest BCUT2D eigenvalue weighted by molar-refractivity contribution is -0.137. The molecular formula is C21H22N2O4. The lowest BCUT2D eigenvalue weighted by Gasteiger charge is -2.23. The second-order valence-corrected chi connectivity index (χ2v) is 7.30. The van der Waals surface area contributed by atoms with Gasteiger partial charge in [-0.15, -0.1) is 0 Å². The van der Waals surface area contributed by atoms with Crippen molar-refractivity contribution in [2.75, 3.05) is 6.61 Å². The van der Waals surface area contributed by atoms with Crippen molar-refractivity contribution in [2.45, 2.75) is 32.3 Å². The van der Waals surface area contributed by atoms with E-state index in [-0.39, 0.29) is 24.4 Å². The number of aromatic nitrogens is 2. The van der Waals surface area contributed by atoms with Crippen LogP contribution in [0.2, 0.25) is 0 Å². The molecule has 27 heavy (non-hydrogen) atoms. The van der Waals surface area contributed by atoms with Gasteiger partial charge in [0.2, 0.25) is 0 Å². The Morgan fingerprint density at radius 3 is 2.96 bits per heavy atom. The van der Waals surface area contributed by atoms with Crippen molar-refractivity contribution < 1.29 is 19.4 Å². The fourth-order valence-corrected chi connectivity index (χ4v) is 3.58. The van der Waals surface area contributed by atoms with Gasteiger partial charge in [-0.1, -0.05) is 32.0 Å². The van der Waals surface area contributed by atoms with Crippen LogP contribution in [0.1, 0.15) is 43.4 Å². The highest BCUT2D eigenvalue weighted by Crippen LogP contribution is 2.40. The van der Waals surface area contributed by atoms with Gasteiger partial charge >= 0.3 is 5.97 Å². The molecule has 6 nitrogen and oxygen atoms in total. The van der Waals surface area contributed by atoms with E-state index in [0.717, 1.165) is 22.0 Å². The second kappa shape index (κ2) is 6.95. The zero-order valence-electron chi connectivity index (χ0n) is 15.3. The van der Waals surface area contributed by atoms with Gasteiger partial charge in [-0.3, -0.25) is 9.89 Å². The van der Waals surface area contributed by atoms with Crippen molar-refractivity contribution in [1.82, 2.24) is 10.2 Å². The van der Waals surface area contributed by atoms with Crippen molar-refractivity contribution in [3.05, 3.63) is 53.7 Å². The molecular weight excluding hydrogens is 344 g/mol. The molecule has 0 fully saturated rings. The fraction of sp³-hybridized carbons (Fsp3) is 0.333. The average Bonchev–Trinajstić information content (AvgIpc) is 3.25. The zero-order valence-corrected chi connectivity index (χ0v) is 15.3. The van der Waals surface area contributed by atoms with Crippen LogP contribution >= 0.6 is 0 Å². The minimum Gasteiger partial charge on any atom is -0.492 e. The average molecular weight is 366 g/mol. The number of fused-ring (bicyclic) bond motifs is 2. The van der Waals surface area contributed by atoms with E-state index < -0.39 is 5.97 Å². The van der Waals surface area contributed by atoms with E-state index in [4.69, 9.17) is 14.6 Å². The number of hydrogen-bond acceptors (Lipinski definition) is 4. The predicted molar refractivity (Wildman–Crippen MR) is 101 cm³/mol. The Kier molecular flexibility index (Phi) is 4.48. The van der Waals surface area contributed by atoms with Crippen molar-refractivity contribution in [3.8, 4) is 11.5 Å². The summed E-state index contributed by atoms with van der Waals surface area (Å²) in [6.45, 7) is 4.64. The number of aromatic amines is 1. The molecule has 2 atom stereocenters. The second-order valence-electron chi connectivity index (χ2n) is 7.30. The van der Waals surface area contributed by atoms with Crippen LogP contribution < -0.4 is 9.47 Å². The SMILES string of the molecule is CC(C)C(Oc1ccc2c(c1)OCC2CC(=O)O)c1ccc2cn[nH]c2c1. The van der Waals surface area contributed by atoms with Gasteiger partial charge in [-0.2, -0.15) is 5.10 Å². The zero-order chi connectivity index (χ0) is 19.0. The topological polar surface area (TPSA) is 84.4 Å². The summed E-state index contributed by atoms with van der Waals surface area (Å²) in [5.41, 5.74) is 2.99. The predicted octanol–water partition coefficient (Wildman–Crippen LogP) is 4.29. The third-order valence-electron chi connectivity index (χ3n) is 4.95. The smallest absolute Gasteiger partial charge is 0.304 e. The Morgan fingerprint density at radius 1 is 1.33 bits per heavy atom. The van der Waals surface area contributed by atoms with E-state index in [1.807, 2.05) is 24.3 Å². The lowest BCUT2D eigenvalue weighted by Crippen LogP contribution is -2.14. The van der Waals surface area contributed by atoms with Gasteiger partial charge in [-0.25, -0.2) is 0 Å². The first-order valence-electron chi connectivity index (χ1n) is 9.09. The van der Waals surface area contributed by atoms with Gasteiger partial charge in [-0.05, 0) is 23.6 Å². The maximum Gasteiger partial charge on any atom is 0.304 e. The van der Waals surface area contributed by atoms with Gasteiger partial charge in [0, 0.05) is 22.9 Å². The molecule has 2 aromatic carbocycles. The summed E-state index contributed by atoms with van der Waals surface area (Å²) in [7, 11) is 0. The van der Waals surface area contributed by atoms with Gasteiger partial charge in [0.25, 0.3) is 0 Å². The van der Waals surface area contributed by atoms with Crippen LogP contribution in [0, 0.1) is 5.92 Å². The standard InChI is InChI=1S/C21H22N2O4/c1-12(2)21(13-3-4-14-10-22-23-18(14)7-13)27-16-5-6-17-15(8-20(24)25)11-26-19(17)9-16/h3-7,9-10,12,15,21H,8,11H2,1-2H3,(H,22,23)(H,24,25). The fourth-order valence-electron chi connectivity index (χ4n) is 3.58. The molecule has 1 aromatic heterocycles. The van der Waals surface area contributed by atoms with Crippen molar-refractivity contribution >= 4 is 16.9 Å². The van der Waals surface area contributed by atoms with Gasteiger partial charge in [0.1, 0.15) is 17.6 Å². The molecule has 1 aliphatic rings. The summed E-state index contributed by atoms with van der Waals surface area (Å²) in [6, 6.07) is 11.8. The van der Waals surface area contributed by atoms with Crippen LogP contribution in [0.25, 0.3) is 10.9 Å². The number of nitrogens with one attached hydrogen (secondary N) is 1. The summed E-state index contributed by atoms with van der Waals surface area (Å²) in [4.78, 5) is 11.0. The van der Waals surface area contributed by atoms with E-state index in [0.29, 0.717) is 18.1 Å². The number of nitrogens with zero attached hydrogens (tertiary/aromatic N) is 1. The number of benzene rings is 2. The number of carboxylic acids is 1. The number of carbonyl (C=O) groups is 1. The first-order chi connectivity index (χ1) is 13.0. The van der Waals surface area contributed by atoms with Crippen molar-refractivity contribution in [1.29, 1.82) is 0 Å². The van der Waals surface area contributed by atoms with Crippen LogP contribution in [0.5, 0.6) is 11.5 Å².